The minimum atomic E-state index is 0.0711. The van der Waals surface area contributed by atoms with Gasteiger partial charge in [-0.25, -0.2) is 4.39 Å². The van der Waals surface area contributed by atoms with Crippen LogP contribution >= 0.6 is 0 Å². The Morgan fingerprint density at radius 3 is 1.76 bits per heavy atom. The Labute approximate surface area is 233 Å². The van der Waals surface area contributed by atoms with E-state index in [1.807, 2.05) is 6.07 Å². The molecule has 5 rings (SSSR count). The summed E-state index contributed by atoms with van der Waals surface area (Å²) in [5.74, 6) is 4.59. The van der Waals surface area contributed by atoms with Gasteiger partial charge in [0.2, 0.25) is 0 Å². The van der Waals surface area contributed by atoms with Crippen LogP contribution in [0.4, 0.5) is 4.39 Å². The average molecular weight is 517 g/mol. The Morgan fingerprint density at radius 1 is 0.605 bits per heavy atom. The van der Waals surface area contributed by atoms with Crippen LogP contribution in [0.3, 0.4) is 0 Å². The first-order valence-corrected chi connectivity index (χ1v) is 16.5. The molecule has 2 aromatic rings. The summed E-state index contributed by atoms with van der Waals surface area (Å²) in [6, 6.07) is 15.6. The topological polar surface area (TPSA) is 0 Å². The lowest BCUT2D eigenvalue weighted by molar-refractivity contribution is 0.155. The number of halogens is 1. The smallest absolute Gasteiger partial charge is 0.126 e. The predicted molar refractivity (Wildman–Crippen MR) is 160 cm³/mol. The molecule has 0 atom stereocenters. The fraction of sp³-hybridized carbons (Fsp3) is 0.676. The number of benzene rings is 2. The fourth-order valence-corrected chi connectivity index (χ4v) is 8.45. The van der Waals surface area contributed by atoms with E-state index in [0.29, 0.717) is 17.8 Å². The number of hydrogen-bond donors (Lipinski definition) is 0. The van der Waals surface area contributed by atoms with Crippen molar-refractivity contribution in [1.82, 2.24) is 0 Å². The molecule has 0 bridgehead atoms. The minimum Gasteiger partial charge on any atom is -0.207 e. The number of unbranched alkanes of at least 4 members (excludes halogenated alkanes) is 2. The van der Waals surface area contributed by atoms with Crippen LogP contribution in [0.25, 0.3) is 0 Å². The van der Waals surface area contributed by atoms with E-state index in [9.17, 15) is 0 Å². The lowest BCUT2D eigenvalue weighted by atomic mass is 9.68. The second kappa shape index (κ2) is 13.6. The van der Waals surface area contributed by atoms with Crippen LogP contribution in [0.15, 0.2) is 42.5 Å². The van der Waals surface area contributed by atoms with Crippen molar-refractivity contribution >= 4 is 0 Å². The van der Waals surface area contributed by atoms with E-state index >= 15 is 4.39 Å². The molecule has 0 nitrogen and oxygen atoms in total. The van der Waals surface area contributed by atoms with Gasteiger partial charge in [-0.15, -0.1) is 0 Å². The fourth-order valence-electron chi connectivity index (χ4n) is 8.45. The van der Waals surface area contributed by atoms with E-state index in [-0.39, 0.29) is 5.82 Å². The van der Waals surface area contributed by atoms with E-state index in [1.54, 1.807) is 0 Å². The minimum absolute atomic E-state index is 0.0711. The summed E-state index contributed by atoms with van der Waals surface area (Å²) in [5, 5.41) is 0. The van der Waals surface area contributed by atoms with Crippen LogP contribution in [-0.2, 0) is 6.42 Å². The predicted octanol–water partition coefficient (Wildman–Crippen LogP) is 11.5. The zero-order valence-electron chi connectivity index (χ0n) is 24.4. The van der Waals surface area contributed by atoms with Gasteiger partial charge in [0.1, 0.15) is 5.82 Å². The molecule has 0 N–H and O–H groups in total. The third-order valence-electron chi connectivity index (χ3n) is 11.1. The number of aryl methyl sites for hydroxylation is 1. The lowest BCUT2D eigenvalue weighted by Gasteiger charge is -2.38. The van der Waals surface area contributed by atoms with Gasteiger partial charge in [0.25, 0.3) is 0 Å². The molecule has 0 spiro atoms. The molecule has 0 amide bonds. The number of hydrogen-bond acceptors (Lipinski definition) is 0. The monoisotopic (exact) mass is 516 g/mol. The highest BCUT2D eigenvalue weighted by Gasteiger charge is 2.32. The molecule has 0 saturated heterocycles. The van der Waals surface area contributed by atoms with Crippen molar-refractivity contribution in [2.75, 3.05) is 0 Å². The van der Waals surface area contributed by atoms with Gasteiger partial charge >= 0.3 is 0 Å². The molecular formula is C37H53F. The highest BCUT2D eigenvalue weighted by atomic mass is 19.1. The second-order valence-electron chi connectivity index (χ2n) is 13.3. The Bertz CT molecular complexity index is 966. The Balaban J connectivity index is 1.08. The zero-order valence-corrected chi connectivity index (χ0v) is 24.4. The molecule has 0 unspecified atom stereocenters. The van der Waals surface area contributed by atoms with E-state index in [4.69, 9.17) is 0 Å². The van der Waals surface area contributed by atoms with Crippen molar-refractivity contribution in [2.45, 2.75) is 141 Å². The highest BCUT2D eigenvalue weighted by molar-refractivity contribution is 5.31. The molecule has 2 aromatic carbocycles. The summed E-state index contributed by atoms with van der Waals surface area (Å²) in [7, 11) is 0. The summed E-state index contributed by atoms with van der Waals surface area (Å²) in [4.78, 5) is 0. The van der Waals surface area contributed by atoms with Crippen molar-refractivity contribution in [2.24, 2.45) is 17.8 Å². The van der Waals surface area contributed by atoms with E-state index in [2.05, 4.69) is 50.2 Å². The average Bonchev–Trinajstić information content (AvgIpc) is 2.98. The van der Waals surface area contributed by atoms with E-state index in [1.165, 1.54) is 107 Å². The van der Waals surface area contributed by atoms with Crippen LogP contribution < -0.4 is 0 Å². The zero-order chi connectivity index (χ0) is 26.3. The van der Waals surface area contributed by atoms with Crippen molar-refractivity contribution in [3.05, 3.63) is 70.5 Å². The Morgan fingerprint density at radius 2 is 1.16 bits per heavy atom. The Hall–Kier alpha value is -1.63. The maximum Gasteiger partial charge on any atom is 0.126 e. The molecular weight excluding hydrogens is 463 g/mol. The van der Waals surface area contributed by atoms with Crippen molar-refractivity contribution in [3.8, 4) is 0 Å². The van der Waals surface area contributed by atoms with Gasteiger partial charge in [-0.3, -0.25) is 0 Å². The highest BCUT2D eigenvalue weighted by Crippen LogP contribution is 2.46. The summed E-state index contributed by atoms with van der Waals surface area (Å²) in [6.07, 6.45) is 22.5. The summed E-state index contributed by atoms with van der Waals surface area (Å²) >= 11 is 0. The third kappa shape index (κ3) is 6.92. The number of rotatable bonds is 9. The first-order chi connectivity index (χ1) is 18.6. The Kier molecular flexibility index (Phi) is 10.0. The van der Waals surface area contributed by atoms with Gasteiger partial charge in [0.15, 0.2) is 0 Å². The standard InChI is InChI=1S/C37H53F/c1-3-5-6-7-28-10-14-30(15-11-28)31-16-18-33(19-17-31)35-24-25-36(37(38)26-35)34-22-20-32(21-23-34)29-12-8-27(4-2)9-13-29/h8-9,12-13,24-26,28,30-34H,3-7,10-11,14-23H2,1-2H3/t28?,30?,31-,32?,33-,34?. The van der Waals surface area contributed by atoms with Gasteiger partial charge in [-0.2, -0.15) is 0 Å². The maximum atomic E-state index is 15.4. The molecule has 3 fully saturated rings. The SMILES string of the molecule is CCCCCC1CCC([C@H]2CC[C@H](c3ccc(C4CCC(c5ccc(CC)cc5)CC4)c(F)c3)CC2)CC1. The molecule has 3 aliphatic rings. The van der Waals surface area contributed by atoms with Crippen LogP contribution in [-0.4, -0.2) is 0 Å². The van der Waals surface area contributed by atoms with E-state index in [0.717, 1.165) is 42.6 Å². The van der Waals surface area contributed by atoms with Crippen LogP contribution in [0.2, 0.25) is 0 Å². The molecule has 1 heteroatoms. The first kappa shape index (κ1) is 27.9. The van der Waals surface area contributed by atoms with Crippen LogP contribution in [0.1, 0.15) is 157 Å². The van der Waals surface area contributed by atoms with Crippen LogP contribution in [0.5, 0.6) is 0 Å². The molecule has 3 aliphatic carbocycles. The normalized spacial score (nSPS) is 30.3. The summed E-state index contributed by atoms with van der Waals surface area (Å²) < 4.78 is 15.4. The molecule has 208 valence electrons. The first-order valence-electron chi connectivity index (χ1n) is 16.5. The second-order valence-corrected chi connectivity index (χ2v) is 13.3. The molecule has 0 radical (unpaired) electrons. The molecule has 0 heterocycles. The third-order valence-corrected chi connectivity index (χ3v) is 11.1. The lowest BCUT2D eigenvalue weighted by Crippen LogP contribution is -2.25. The van der Waals surface area contributed by atoms with Gasteiger partial charge in [-0.05, 0) is 134 Å². The largest absolute Gasteiger partial charge is 0.207 e. The molecule has 38 heavy (non-hydrogen) atoms. The summed E-state index contributed by atoms with van der Waals surface area (Å²) in [5.41, 5.74) is 5.15. The van der Waals surface area contributed by atoms with Crippen molar-refractivity contribution in [1.29, 1.82) is 0 Å². The van der Waals surface area contributed by atoms with Crippen molar-refractivity contribution in [3.63, 3.8) is 0 Å². The van der Waals surface area contributed by atoms with Gasteiger partial charge < -0.3 is 0 Å². The van der Waals surface area contributed by atoms with E-state index < -0.39 is 0 Å². The quantitative estimate of drug-likeness (QED) is 0.291. The van der Waals surface area contributed by atoms with Crippen LogP contribution in [0, 0.1) is 23.6 Å². The van der Waals surface area contributed by atoms with Gasteiger partial charge in [0, 0.05) is 0 Å². The molecule has 0 aliphatic heterocycles. The van der Waals surface area contributed by atoms with Gasteiger partial charge in [-0.1, -0.05) is 88.8 Å². The van der Waals surface area contributed by atoms with Gasteiger partial charge in [0.05, 0.1) is 0 Å². The molecule has 3 saturated carbocycles. The summed E-state index contributed by atoms with van der Waals surface area (Å²) in [6.45, 7) is 4.53. The maximum absolute atomic E-state index is 15.4. The van der Waals surface area contributed by atoms with Crippen molar-refractivity contribution < 1.29 is 4.39 Å². The molecule has 0 aromatic heterocycles.